The Balaban J connectivity index is 1.40. The highest BCUT2D eigenvalue weighted by Gasteiger charge is 2.67. The summed E-state index contributed by atoms with van der Waals surface area (Å²) in [6.45, 7) is -0.0380. The Morgan fingerprint density at radius 1 is 0.830 bits per heavy atom. The van der Waals surface area contributed by atoms with Gasteiger partial charge in [0.25, 0.3) is 6.02 Å². The number of nitrogens with one attached hydrogen (secondary N) is 1. The third kappa shape index (κ3) is 5.41. The number of fused-ring (bicyclic) bond motifs is 2. The molecule has 244 valence electrons. The molecular weight excluding hydrogens is 670 g/mol. The Bertz CT molecular complexity index is 1710. The molecule has 47 heavy (non-hydrogen) atoms. The fourth-order valence-electron chi connectivity index (χ4n) is 7.07. The number of hydrogen-bond donors (Lipinski definition) is 1. The number of amidine groups is 1. The first kappa shape index (κ1) is 31.4. The summed E-state index contributed by atoms with van der Waals surface area (Å²) < 4.78 is 63.8. The molecule has 0 unspecified atom stereocenters. The van der Waals surface area contributed by atoms with Crippen molar-refractivity contribution in [3.05, 3.63) is 124 Å². The van der Waals surface area contributed by atoms with Gasteiger partial charge in [-0.05, 0) is 72.0 Å². The van der Waals surface area contributed by atoms with Crippen LogP contribution in [0.2, 0.25) is 0 Å². The van der Waals surface area contributed by atoms with Gasteiger partial charge in [-0.3, -0.25) is 0 Å². The van der Waals surface area contributed by atoms with E-state index in [1.165, 1.54) is 0 Å². The van der Waals surface area contributed by atoms with Crippen LogP contribution in [-0.4, -0.2) is 51.5 Å². The molecule has 3 aliphatic rings. The van der Waals surface area contributed by atoms with E-state index < -0.39 is 29.2 Å². The van der Waals surface area contributed by atoms with Crippen molar-refractivity contribution in [2.24, 2.45) is 4.99 Å². The smallest absolute Gasteiger partial charge is 0.310 e. The molecule has 0 saturated carbocycles. The van der Waals surface area contributed by atoms with Crippen LogP contribution in [0, 0.1) is 0 Å². The van der Waals surface area contributed by atoms with Gasteiger partial charge in [-0.15, -0.1) is 0 Å². The van der Waals surface area contributed by atoms with Crippen LogP contribution in [-0.2, 0) is 20.6 Å². The lowest BCUT2D eigenvalue weighted by Crippen LogP contribution is -2.64. The predicted molar refractivity (Wildman–Crippen MR) is 178 cm³/mol. The monoisotopic (exact) mass is 704 g/mol. The summed E-state index contributed by atoms with van der Waals surface area (Å²) in [5, 5.41) is 3.57. The third-order valence-electron chi connectivity index (χ3n) is 9.39. The molecule has 3 heterocycles. The van der Waals surface area contributed by atoms with E-state index in [1.54, 1.807) is 32.4 Å². The van der Waals surface area contributed by atoms with Gasteiger partial charge in [0.2, 0.25) is 5.60 Å². The molecule has 10 heteroatoms. The summed E-state index contributed by atoms with van der Waals surface area (Å²) >= 11 is 3.50. The maximum absolute atomic E-state index is 16.6. The van der Waals surface area contributed by atoms with Crippen molar-refractivity contribution >= 4 is 22.0 Å². The first-order valence-electron chi connectivity index (χ1n) is 15.5. The van der Waals surface area contributed by atoms with Crippen molar-refractivity contribution in [2.75, 3.05) is 34.0 Å². The van der Waals surface area contributed by atoms with Crippen LogP contribution >= 0.6 is 15.9 Å². The number of methoxy groups -OCH3 is 2. The van der Waals surface area contributed by atoms with E-state index in [1.807, 2.05) is 78.9 Å². The molecular formula is C37H35BrF2N2O5. The normalized spacial score (nSPS) is 23.2. The van der Waals surface area contributed by atoms with Gasteiger partial charge < -0.3 is 29.0 Å². The molecule has 0 aliphatic carbocycles. The highest BCUT2D eigenvalue weighted by atomic mass is 79.9. The second kappa shape index (κ2) is 12.1. The summed E-state index contributed by atoms with van der Waals surface area (Å²) in [4.78, 5) is 4.39. The number of nitrogens with zero attached hydrogens (tertiary/aromatic N) is 1. The summed E-state index contributed by atoms with van der Waals surface area (Å²) in [7, 11) is 3.22. The van der Waals surface area contributed by atoms with Crippen molar-refractivity contribution in [3.63, 3.8) is 0 Å². The molecule has 0 aromatic heterocycles. The molecule has 4 aromatic rings. The summed E-state index contributed by atoms with van der Waals surface area (Å²) in [5.41, 5.74) is -1.44. The van der Waals surface area contributed by atoms with Gasteiger partial charge in [0, 0.05) is 23.1 Å². The fourth-order valence-corrected chi connectivity index (χ4v) is 7.43. The van der Waals surface area contributed by atoms with E-state index in [4.69, 9.17) is 23.7 Å². The van der Waals surface area contributed by atoms with Crippen molar-refractivity contribution in [1.82, 2.24) is 5.32 Å². The Morgan fingerprint density at radius 3 is 2.06 bits per heavy atom. The first-order chi connectivity index (χ1) is 22.7. The second-order valence-electron chi connectivity index (χ2n) is 12.2. The number of halogens is 3. The minimum atomic E-state index is -3.36. The lowest BCUT2D eigenvalue weighted by molar-refractivity contribution is -0.228. The zero-order valence-electron chi connectivity index (χ0n) is 26.1. The standard InChI is InChI=1S/C37H35BrF2N2O5/c1-43-29-14-9-26(10-15-29)37(25-7-4-3-5-8-25,27-11-16-30(44-2)17-12-27)42-33-41-23-36(39,40)35(47-33)22-34(19-6-20-45-24-34)46-32-18-13-28(38)21-31(32)35/h3-5,7-18,21H,6,19-20,22-24H2,1-2H3,(H,41,42)/t34-,35-/m1/s1. The Kier molecular flexibility index (Phi) is 8.12. The van der Waals surface area contributed by atoms with Gasteiger partial charge in [0.05, 0.1) is 20.8 Å². The minimum Gasteiger partial charge on any atom is -0.497 e. The Morgan fingerprint density at radius 2 is 1.47 bits per heavy atom. The van der Waals surface area contributed by atoms with E-state index in [2.05, 4.69) is 26.2 Å². The van der Waals surface area contributed by atoms with E-state index in [0.717, 1.165) is 16.7 Å². The van der Waals surface area contributed by atoms with E-state index in [0.29, 0.717) is 41.2 Å². The lowest BCUT2D eigenvalue weighted by atomic mass is 9.72. The topological polar surface area (TPSA) is 70.5 Å². The average Bonchev–Trinajstić information content (AvgIpc) is 3.10. The van der Waals surface area contributed by atoms with Crippen LogP contribution in [0.5, 0.6) is 17.2 Å². The van der Waals surface area contributed by atoms with Crippen molar-refractivity contribution in [2.45, 2.75) is 41.9 Å². The van der Waals surface area contributed by atoms with Crippen molar-refractivity contribution in [3.8, 4) is 17.2 Å². The Labute approximate surface area is 281 Å². The lowest BCUT2D eigenvalue weighted by Gasteiger charge is -2.53. The number of hydrogen-bond acceptors (Lipinski definition) is 7. The van der Waals surface area contributed by atoms with Crippen LogP contribution in [0.4, 0.5) is 8.78 Å². The van der Waals surface area contributed by atoms with Crippen molar-refractivity contribution < 1.29 is 32.5 Å². The molecule has 4 aromatic carbocycles. The summed E-state index contributed by atoms with van der Waals surface area (Å²) in [6, 6.07) is 30.3. The van der Waals surface area contributed by atoms with Gasteiger partial charge >= 0.3 is 5.92 Å². The van der Waals surface area contributed by atoms with Gasteiger partial charge in [-0.1, -0.05) is 70.5 Å². The molecule has 0 bridgehead atoms. The maximum atomic E-state index is 16.6. The van der Waals surface area contributed by atoms with Crippen LogP contribution in [0.25, 0.3) is 0 Å². The number of aliphatic imine (C=N–C) groups is 1. The van der Waals surface area contributed by atoms with Crippen molar-refractivity contribution in [1.29, 1.82) is 0 Å². The predicted octanol–water partition coefficient (Wildman–Crippen LogP) is 7.60. The molecule has 1 fully saturated rings. The highest BCUT2D eigenvalue weighted by Crippen LogP contribution is 2.57. The molecule has 0 radical (unpaired) electrons. The van der Waals surface area contributed by atoms with Gasteiger partial charge in [0.15, 0.2) is 0 Å². The SMILES string of the molecule is COc1ccc(C(NC2=NCC(F)(F)[C@]3(C[C@@]4(CCCOC4)Oc4ccc(Br)cc43)O2)(c2ccccc2)c2ccc(OC)cc2)cc1. The first-order valence-corrected chi connectivity index (χ1v) is 16.3. The molecule has 7 nitrogen and oxygen atoms in total. The van der Waals surface area contributed by atoms with Gasteiger partial charge in [-0.25, -0.2) is 4.99 Å². The van der Waals surface area contributed by atoms with E-state index in [9.17, 15) is 0 Å². The summed E-state index contributed by atoms with van der Waals surface area (Å²) in [6.07, 6.45) is 1.15. The third-order valence-corrected chi connectivity index (χ3v) is 9.88. The number of benzene rings is 4. The van der Waals surface area contributed by atoms with E-state index in [-0.39, 0.29) is 24.6 Å². The summed E-state index contributed by atoms with van der Waals surface area (Å²) in [5.74, 6) is -1.65. The van der Waals surface area contributed by atoms with Crippen LogP contribution < -0.4 is 19.5 Å². The van der Waals surface area contributed by atoms with Crippen LogP contribution in [0.1, 0.15) is 41.5 Å². The molecule has 2 spiro atoms. The van der Waals surface area contributed by atoms with Gasteiger partial charge in [0.1, 0.15) is 34.9 Å². The van der Waals surface area contributed by atoms with Crippen LogP contribution in [0.3, 0.4) is 0 Å². The molecule has 7 rings (SSSR count). The highest BCUT2D eigenvalue weighted by molar-refractivity contribution is 9.10. The largest absolute Gasteiger partial charge is 0.497 e. The number of alkyl halides is 2. The van der Waals surface area contributed by atoms with Crippen LogP contribution in [0.15, 0.2) is 107 Å². The van der Waals surface area contributed by atoms with Gasteiger partial charge in [-0.2, -0.15) is 8.78 Å². The maximum Gasteiger partial charge on any atom is 0.310 e. The molecule has 1 saturated heterocycles. The molecule has 2 atom stereocenters. The molecule has 0 amide bonds. The quantitative estimate of drug-likeness (QED) is 0.209. The fraction of sp³-hybridized carbons (Fsp3) is 0.324. The number of ether oxygens (including phenoxy) is 5. The minimum absolute atomic E-state index is 0.00822. The Hall–Kier alpha value is -4.15. The molecule has 1 N–H and O–H groups in total. The second-order valence-corrected chi connectivity index (χ2v) is 13.1. The zero-order chi connectivity index (χ0) is 32.7. The number of rotatable bonds is 6. The zero-order valence-corrected chi connectivity index (χ0v) is 27.7. The van der Waals surface area contributed by atoms with E-state index >= 15 is 8.78 Å². The average molecular weight is 706 g/mol. The molecule has 3 aliphatic heterocycles.